The third-order valence-electron chi connectivity index (χ3n) is 2.81. The molecule has 0 saturated heterocycles. The molecule has 0 aliphatic heterocycles. The van der Waals surface area contributed by atoms with Crippen LogP contribution in [0.2, 0.25) is 0 Å². The van der Waals surface area contributed by atoms with E-state index in [-0.39, 0.29) is 10.6 Å². The molecule has 0 radical (unpaired) electrons. The molecule has 4 N–H and O–H groups in total. The molecule has 0 aliphatic rings. The summed E-state index contributed by atoms with van der Waals surface area (Å²) in [4.78, 5) is 11.3. The Bertz CT molecular complexity index is 613. The Morgan fingerprint density at radius 2 is 2.00 bits per heavy atom. The minimum Gasteiger partial charge on any atom is -0.495 e. The van der Waals surface area contributed by atoms with Gasteiger partial charge in [-0.25, -0.2) is 8.42 Å². The van der Waals surface area contributed by atoms with Crippen LogP contribution in [-0.4, -0.2) is 34.5 Å². The molecule has 8 heteroatoms. The van der Waals surface area contributed by atoms with Crippen LogP contribution in [0.3, 0.4) is 0 Å². The first-order valence-electron chi connectivity index (χ1n) is 5.91. The van der Waals surface area contributed by atoms with Gasteiger partial charge < -0.3 is 15.8 Å². The highest BCUT2D eigenvalue weighted by Gasteiger charge is 2.25. The molecule has 112 valence electrons. The average molecular weight is 301 g/mol. The van der Waals surface area contributed by atoms with E-state index in [1.165, 1.54) is 33.2 Å². The highest BCUT2D eigenvalue weighted by Crippen LogP contribution is 2.28. The first kappa shape index (κ1) is 16.3. The largest absolute Gasteiger partial charge is 0.495 e. The number of anilines is 1. The van der Waals surface area contributed by atoms with Crippen LogP contribution >= 0.6 is 0 Å². The smallest absolute Gasteiger partial charge is 0.245 e. The number of nitrogens with one attached hydrogen (secondary N) is 2. The van der Waals surface area contributed by atoms with Gasteiger partial charge >= 0.3 is 0 Å². The Hall–Kier alpha value is -1.80. The number of hydrogen-bond donors (Lipinski definition) is 3. The predicted octanol–water partition coefficient (Wildman–Crippen LogP) is -0.00138. The predicted molar refractivity (Wildman–Crippen MR) is 76.0 cm³/mol. The minimum absolute atomic E-state index is 0.0983. The van der Waals surface area contributed by atoms with Gasteiger partial charge in [0.1, 0.15) is 10.6 Å². The second kappa shape index (κ2) is 6.10. The Morgan fingerprint density at radius 1 is 1.40 bits per heavy atom. The van der Waals surface area contributed by atoms with Crippen molar-refractivity contribution in [3.8, 4) is 5.75 Å². The van der Waals surface area contributed by atoms with Crippen LogP contribution in [0, 0.1) is 6.92 Å². The lowest BCUT2D eigenvalue weighted by atomic mass is 10.2. The zero-order valence-corrected chi connectivity index (χ0v) is 12.7. The fraction of sp³-hybridized carbons (Fsp3) is 0.417. The van der Waals surface area contributed by atoms with Gasteiger partial charge in [0.15, 0.2) is 0 Å². The van der Waals surface area contributed by atoms with Crippen LogP contribution in [-0.2, 0) is 14.8 Å². The van der Waals surface area contributed by atoms with Gasteiger partial charge in [-0.3, -0.25) is 4.79 Å². The number of carbonyl (C=O) groups is 1. The van der Waals surface area contributed by atoms with Gasteiger partial charge in [-0.05, 0) is 31.5 Å². The van der Waals surface area contributed by atoms with E-state index >= 15 is 0 Å². The lowest BCUT2D eigenvalue weighted by molar-refractivity contribution is -0.121. The molecule has 0 aliphatic carbocycles. The van der Waals surface area contributed by atoms with Crippen LogP contribution in [0.4, 0.5) is 5.69 Å². The lowest BCUT2D eigenvalue weighted by Crippen LogP contribution is -2.43. The maximum Gasteiger partial charge on any atom is 0.245 e. The summed E-state index contributed by atoms with van der Waals surface area (Å²) in [7, 11) is -1.12. The fourth-order valence-corrected chi connectivity index (χ4v) is 3.00. The van der Waals surface area contributed by atoms with Crippen molar-refractivity contribution in [3.05, 3.63) is 17.7 Å². The molecular formula is C12H19N3O4S. The number of nitrogen functional groups attached to an aromatic ring is 1. The number of rotatable bonds is 5. The first-order chi connectivity index (χ1) is 9.22. The second-order valence-electron chi connectivity index (χ2n) is 4.32. The van der Waals surface area contributed by atoms with Crippen molar-refractivity contribution in [2.45, 2.75) is 24.8 Å². The summed E-state index contributed by atoms with van der Waals surface area (Å²) >= 11 is 0. The molecule has 0 aromatic heterocycles. The Kier molecular flexibility index (Phi) is 4.96. The standard InChI is InChI=1S/C12H19N3O4S/c1-7-5-10(19-4)11(6-9(7)13)20(17,18)15-8(2)12(16)14-3/h5-6,8,15H,13H2,1-4H3,(H,14,16). The summed E-state index contributed by atoms with van der Waals surface area (Å²) in [6, 6.07) is 1.94. The molecular weight excluding hydrogens is 282 g/mol. The molecule has 1 unspecified atom stereocenters. The van der Waals surface area contributed by atoms with Crippen molar-refractivity contribution >= 4 is 21.6 Å². The summed E-state index contributed by atoms with van der Waals surface area (Å²) in [5.41, 5.74) is 6.77. The van der Waals surface area contributed by atoms with E-state index in [4.69, 9.17) is 10.5 Å². The van der Waals surface area contributed by atoms with Gasteiger partial charge in [-0.2, -0.15) is 4.72 Å². The number of carbonyl (C=O) groups excluding carboxylic acids is 1. The number of benzene rings is 1. The van der Waals surface area contributed by atoms with E-state index in [0.29, 0.717) is 11.3 Å². The van der Waals surface area contributed by atoms with E-state index in [1.54, 1.807) is 6.92 Å². The zero-order chi connectivity index (χ0) is 15.5. The van der Waals surface area contributed by atoms with E-state index < -0.39 is 22.0 Å². The number of aryl methyl sites for hydroxylation is 1. The molecule has 0 fully saturated rings. The molecule has 0 heterocycles. The topological polar surface area (TPSA) is 111 Å². The molecule has 1 aromatic carbocycles. The van der Waals surface area contributed by atoms with Crippen LogP contribution < -0.4 is 20.5 Å². The second-order valence-corrected chi connectivity index (χ2v) is 6.00. The van der Waals surface area contributed by atoms with Gasteiger partial charge in [0.25, 0.3) is 0 Å². The van der Waals surface area contributed by atoms with Crippen molar-refractivity contribution in [2.24, 2.45) is 0 Å². The first-order valence-corrected chi connectivity index (χ1v) is 7.39. The maximum absolute atomic E-state index is 12.3. The molecule has 1 atom stereocenters. The van der Waals surface area contributed by atoms with Gasteiger partial charge in [0.2, 0.25) is 15.9 Å². The van der Waals surface area contributed by atoms with Crippen molar-refractivity contribution < 1.29 is 17.9 Å². The molecule has 0 spiro atoms. The zero-order valence-electron chi connectivity index (χ0n) is 11.9. The number of sulfonamides is 1. The SMILES string of the molecule is CNC(=O)C(C)NS(=O)(=O)c1cc(N)c(C)cc1OC. The molecule has 1 amide bonds. The van der Waals surface area contributed by atoms with E-state index in [0.717, 1.165) is 0 Å². The number of amides is 1. The summed E-state index contributed by atoms with van der Waals surface area (Å²) < 4.78 is 31.9. The summed E-state index contributed by atoms with van der Waals surface area (Å²) in [5, 5.41) is 2.37. The van der Waals surface area contributed by atoms with Crippen molar-refractivity contribution in [2.75, 3.05) is 19.9 Å². The molecule has 0 saturated carbocycles. The van der Waals surface area contributed by atoms with Gasteiger partial charge in [0, 0.05) is 12.7 Å². The van der Waals surface area contributed by atoms with Crippen LogP contribution in [0.15, 0.2) is 17.0 Å². The van der Waals surface area contributed by atoms with Crippen molar-refractivity contribution in [1.29, 1.82) is 0 Å². The summed E-state index contributed by atoms with van der Waals surface area (Å²) in [5.74, 6) is -0.263. The third-order valence-corrected chi connectivity index (χ3v) is 4.38. The van der Waals surface area contributed by atoms with E-state index in [2.05, 4.69) is 10.0 Å². The Morgan fingerprint density at radius 3 is 2.50 bits per heavy atom. The number of hydrogen-bond acceptors (Lipinski definition) is 5. The third kappa shape index (κ3) is 3.40. The lowest BCUT2D eigenvalue weighted by Gasteiger charge is -2.16. The average Bonchev–Trinajstić information content (AvgIpc) is 2.39. The van der Waals surface area contributed by atoms with Crippen LogP contribution in [0.25, 0.3) is 0 Å². The van der Waals surface area contributed by atoms with Gasteiger partial charge in [0.05, 0.1) is 13.2 Å². The molecule has 1 rings (SSSR count). The van der Waals surface area contributed by atoms with Crippen LogP contribution in [0.5, 0.6) is 5.75 Å². The number of ether oxygens (including phenoxy) is 1. The van der Waals surface area contributed by atoms with Crippen molar-refractivity contribution in [3.63, 3.8) is 0 Å². The highest BCUT2D eigenvalue weighted by molar-refractivity contribution is 7.89. The maximum atomic E-state index is 12.3. The molecule has 1 aromatic rings. The monoisotopic (exact) mass is 301 g/mol. The van der Waals surface area contributed by atoms with Gasteiger partial charge in [-0.1, -0.05) is 0 Å². The highest BCUT2D eigenvalue weighted by atomic mass is 32.2. The normalized spacial score (nSPS) is 12.8. The van der Waals surface area contributed by atoms with Crippen molar-refractivity contribution in [1.82, 2.24) is 10.0 Å². The summed E-state index contributed by atoms with van der Waals surface area (Å²) in [6.45, 7) is 3.19. The Labute approximate surface area is 118 Å². The quantitative estimate of drug-likeness (QED) is 0.663. The Balaban J connectivity index is 3.22. The summed E-state index contributed by atoms with van der Waals surface area (Å²) in [6.07, 6.45) is 0. The van der Waals surface area contributed by atoms with Gasteiger partial charge in [-0.15, -0.1) is 0 Å². The molecule has 20 heavy (non-hydrogen) atoms. The molecule has 7 nitrogen and oxygen atoms in total. The number of methoxy groups -OCH3 is 1. The van der Waals surface area contributed by atoms with E-state index in [1.807, 2.05) is 0 Å². The minimum atomic E-state index is -3.91. The number of nitrogens with two attached hydrogens (primary N) is 1. The molecule has 0 bridgehead atoms. The number of likely N-dealkylation sites (N-methyl/N-ethyl adjacent to an activating group) is 1. The fourth-order valence-electron chi connectivity index (χ4n) is 1.61. The van der Waals surface area contributed by atoms with E-state index in [9.17, 15) is 13.2 Å². The van der Waals surface area contributed by atoms with Crippen LogP contribution in [0.1, 0.15) is 12.5 Å².